The molecule has 8 heteroatoms. The molecule has 1 aliphatic heterocycles. The number of carbonyl (C=O) groups is 2. The van der Waals surface area contributed by atoms with E-state index in [2.05, 4.69) is 5.32 Å². The van der Waals surface area contributed by atoms with Gasteiger partial charge >= 0.3 is 0 Å². The van der Waals surface area contributed by atoms with Crippen LogP contribution in [0.25, 0.3) is 11.1 Å². The minimum absolute atomic E-state index is 0.129. The number of hydrogen-bond acceptors (Lipinski definition) is 5. The first-order chi connectivity index (χ1) is 17.0. The molecule has 0 bridgehead atoms. The summed E-state index contributed by atoms with van der Waals surface area (Å²) >= 11 is 0. The molecule has 3 heterocycles. The summed E-state index contributed by atoms with van der Waals surface area (Å²) in [5.74, 6) is 0.797. The molecule has 0 radical (unpaired) electrons. The maximum Gasteiger partial charge on any atom is 0.271 e. The zero-order valence-corrected chi connectivity index (χ0v) is 20.6. The summed E-state index contributed by atoms with van der Waals surface area (Å²) in [7, 11) is 3.16. The van der Waals surface area contributed by atoms with Crippen LogP contribution in [0.4, 0.5) is 0 Å². The Bertz CT molecular complexity index is 1240. The van der Waals surface area contributed by atoms with Crippen molar-refractivity contribution in [2.75, 3.05) is 14.2 Å². The third kappa shape index (κ3) is 4.05. The van der Waals surface area contributed by atoms with Gasteiger partial charge in [0, 0.05) is 23.7 Å². The number of nitrogens with zero attached hydrogens (tertiary/aromatic N) is 2. The SMILES string of the molecule is COc1cccc(CN2C(=O)c3cc4occc4n3CC2(C)C(=O)NC2CCCCCC2)c1OC. The van der Waals surface area contributed by atoms with E-state index in [4.69, 9.17) is 13.9 Å². The molecule has 1 fully saturated rings. The fraction of sp³-hybridized carbons (Fsp3) is 0.481. The molecule has 2 aromatic heterocycles. The summed E-state index contributed by atoms with van der Waals surface area (Å²) in [6.07, 6.45) is 8.19. The number of carbonyl (C=O) groups excluding carboxylic acids is 2. The number of amides is 2. The summed E-state index contributed by atoms with van der Waals surface area (Å²) in [6, 6.07) is 9.32. The highest BCUT2D eigenvalue weighted by Gasteiger charge is 2.48. The number of aromatic nitrogens is 1. The fourth-order valence-electron chi connectivity index (χ4n) is 5.53. The predicted molar refractivity (Wildman–Crippen MR) is 132 cm³/mol. The van der Waals surface area contributed by atoms with E-state index >= 15 is 0 Å². The molecule has 1 aliphatic carbocycles. The summed E-state index contributed by atoms with van der Waals surface area (Å²) < 4.78 is 18.6. The Morgan fingerprint density at radius 2 is 1.91 bits per heavy atom. The van der Waals surface area contributed by atoms with Crippen LogP contribution in [0, 0.1) is 0 Å². The third-order valence-corrected chi connectivity index (χ3v) is 7.54. The number of ether oxygens (including phenoxy) is 2. The van der Waals surface area contributed by atoms with E-state index in [1.165, 1.54) is 12.8 Å². The first-order valence-corrected chi connectivity index (χ1v) is 12.4. The van der Waals surface area contributed by atoms with Gasteiger partial charge in [-0.25, -0.2) is 0 Å². The van der Waals surface area contributed by atoms with Gasteiger partial charge in [-0.15, -0.1) is 0 Å². The Labute approximate surface area is 205 Å². The van der Waals surface area contributed by atoms with Crippen LogP contribution in [-0.2, 0) is 17.9 Å². The van der Waals surface area contributed by atoms with Crippen LogP contribution in [0.1, 0.15) is 61.5 Å². The average molecular weight is 480 g/mol. The number of hydrogen-bond donors (Lipinski definition) is 1. The minimum atomic E-state index is -1.10. The van der Waals surface area contributed by atoms with Crippen molar-refractivity contribution in [3.63, 3.8) is 0 Å². The molecule has 0 saturated heterocycles. The monoisotopic (exact) mass is 479 g/mol. The molecule has 35 heavy (non-hydrogen) atoms. The summed E-state index contributed by atoms with van der Waals surface area (Å²) in [4.78, 5) is 29.5. The summed E-state index contributed by atoms with van der Waals surface area (Å²) in [5.41, 5.74) is 1.65. The average Bonchev–Trinajstić information content (AvgIpc) is 3.35. The number of methoxy groups -OCH3 is 2. The number of furan rings is 1. The van der Waals surface area contributed by atoms with Gasteiger partial charge in [-0.2, -0.15) is 0 Å². The Morgan fingerprint density at radius 3 is 2.63 bits per heavy atom. The zero-order chi connectivity index (χ0) is 24.6. The highest BCUT2D eigenvalue weighted by molar-refractivity contribution is 6.03. The van der Waals surface area contributed by atoms with Gasteiger partial charge in [-0.3, -0.25) is 9.59 Å². The first kappa shape index (κ1) is 23.3. The molecule has 2 aliphatic rings. The molecule has 2 amide bonds. The van der Waals surface area contributed by atoms with E-state index in [0.717, 1.165) is 36.8 Å². The lowest BCUT2D eigenvalue weighted by Gasteiger charge is -2.44. The van der Waals surface area contributed by atoms with Crippen molar-refractivity contribution in [1.82, 2.24) is 14.8 Å². The first-order valence-electron chi connectivity index (χ1n) is 12.4. The topological polar surface area (TPSA) is 85.9 Å². The predicted octanol–water partition coefficient (Wildman–Crippen LogP) is 4.51. The van der Waals surface area contributed by atoms with Crippen LogP contribution < -0.4 is 14.8 Å². The summed E-state index contributed by atoms with van der Waals surface area (Å²) in [5, 5.41) is 3.30. The minimum Gasteiger partial charge on any atom is -0.493 e. The molecular weight excluding hydrogens is 446 g/mol. The van der Waals surface area contributed by atoms with Gasteiger partial charge in [0.2, 0.25) is 5.91 Å². The second-order valence-corrected chi connectivity index (χ2v) is 9.77. The van der Waals surface area contributed by atoms with Crippen LogP contribution >= 0.6 is 0 Å². The molecular formula is C27H33N3O5. The van der Waals surface area contributed by atoms with Crippen molar-refractivity contribution in [2.45, 2.75) is 70.1 Å². The Hall–Kier alpha value is -3.42. The maximum absolute atomic E-state index is 13.9. The quantitative estimate of drug-likeness (QED) is 0.526. The molecule has 1 unspecified atom stereocenters. The van der Waals surface area contributed by atoms with Gasteiger partial charge in [0.1, 0.15) is 11.2 Å². The standard InChI is InChI=1S/C27H33N3O5/c1-27(26(32)28-19-10-6-4-5-7-11-19)17-29-20-13-14-35-23(20)15-21(29)25(31)30(27)16-18-9-8-12-22(33-2)24(18)34-3/h8-9,12-15,19H,4-7,10-11,16-17H2,1-3H3,(H,28,32). The van der Waals surface area contributed by atoms with E-state index in [1.54, 1.807) is 31.4 Å². The molecule has 5 rings (SSSR count). The molecule has 1 atom stereocenters. The number of benzene rings is 1. The Kier molecular flexibility index (Phi) is 6.21. The molecule has 1 saturated carbocycles. The third-order valence-electron chi connectivity index (χ3n) is 7.54. The van der Waals surface area contributed by atoms with Gasteiger partial charge in [0.05, 0.1) is 39.1 Å². The lowest BCUT2D eigenvalue weighted by molar-refractivity contribution is -0.134. The second kappa shape index (κ2) is 9.32. The molecule has 186 valence electrons. The van der Waals surface area contributed by atoms with Crippen molar-refractivity contribution < 1.29 is 23.5 Å². The van der Waals surface area contributed by atoms with Crippen LogP contribution in [0.15, 0.2) is 41.0 Å². The zero-order valence-electron chi connectivity index (χ0n) is 20.6. The molecule has 8 nitrogen and oxygen atoms in total. The van der Waals surface area contributed by atoms with Crippen molar-refractivity contribution in [3.8, 4) is 11.5 Å². The van der Waals surface area contributed by atoms with E-state index in [1.807, 2.05) is 35.8 Å². The molecule has 0 spiro atoms. The van der Waals surface area contributed by atoms with Crippen molar-refractivity contribution in [3.05, 3.63) is 47.9 Å². The van der Waals surface area contributed by atoms with E-state index < -0.39 is 5.54 Å². The Balaban J connectivity index is 1.55. The summed E-state index contributed by atoms with van der Waals surface area (Å²) in [6.45, 7) is 2.40. The van der Waals surface area contributed by atoms with Crippen LogP contribution in [0.3, 0.4) is 0 Å². The second-order valence-electron chi connectivity index (χ2n) is 9.77. The van der Waals surface area contributed by atoms with E-state index in [-0.39, 0.29) is 24.4 Å². The lowest BCUT2D eigenvalue weighted by atomic mass is 9.92. The van der Waals surface area contributed by atoms with E-state index in [0.29, 0.717) is 29.3 Å². The molecule has 1 aromatic carbocycles. The fourth-order valence-corrected chi connectivity index (χ4v) is 5.53. The van der Waals surface area contributed by atoms with Crippen LogP contribution in [0.5, 0.6) is 11.5 Å². The number of rotatable bonds is 6. The van der Waals surface area contributed by atoms with Gasteiger partial charge in [0.25, 0.3) is 5.91 Å². The van der Waals surface area contributed by atoms with Gasteiger partial charge < -0.3 is 28.7 Å². The number of para-hydroxylation sites is 1. The normalized spacial score (nSPS) is 21.0. The van der Waals surface area contributed by atoms with E-state index in [9.17, 15) is 9.59 Å². The van der Waals surface area contributed by atoms with Crippen molar-refractivity contribution in [2.24, 2.45) is 0 Å². The lowest BCUT2D eigenvalue weighted by Crippen LogP contribution is -2.64. The highest BCUT2D eigenvalue weighted by Crippen LogP contribution is 2.37. The van der Waals surface area contributed by atoms with Gasteiger partial charge in [-0.1, -0.05) is 37.8 Å². The number of fused-ring (bicyclic) bond motifs is 3. The number of nitrogens with one attached hydrogen (secondary N) is 1. The smallest absolute Gasteiger partial charge is 0.271 e. The van der Waals surface area contributed by atoms with Crippen LogP contribution in [-0.4, -0.2) is 47.1 Å². The van der Waals surface area contributed by atoms with Gasteiger partial charge in [-0.05, 0) is 25.8 Å². The molecule has 1 N–H and O–H groups in total. The van der Waals surface area contributed by atoms with Gasteiger partial charge in [0.15, 0.2) is 17.1 Å². The maximum atomic E-state index is 13.9. The largest absolute Gasteiger partial charge is 0.493 e. The molecule has 3 aromatic rings. The van der Waals surface area contributed by atoms with Crippen molar-refractivity contribution in [1.29, 1.82) is 0 Å². The van der Waals surface area contributed by atoms with Crippen molar-refractivity contribution >= 4 is 22.9 Å². The van der Waals surface area contributed by atoms with Crippen LogP contribution in [0.2, 0.25) is 0 Å². The Morgan fingerprint density at radius 1 is 1.14 bits per heavy atom. The highest BCUT2D eigenvalue weighted by atomic mass is 16.5.